The predicted molar refractivity (Wildman–Crippen MR) is 151 cm³/mol. The van der Waals surface area contributed by atoms with Crippen molar-refractivity contribution in [1.82, 2.24) is 19.1 Å². The average Bonchev–Trinajstić information content (AvgIpc) is 3.18. The second kappa shape index (κ2) is 11.1. The van der Waals surface area contributed by atoms with Crippen LogP contribution in [0.3, 0.4) is 0 Å². The second-order valence-corrected chi connectivity index (χ2v) is 10.6. The number of nitrogens with zero attached hydrogens (tertiary/aromatic N) is 4. The molecule has 2 aromatic carbocycles. The minimum atomic E-state index is -0.295. The summed E-state index contributed by atoms with van der Waals surface area (Å²) in [6.07, 6.45) is 3.74. The van der Waals surface area contributed by atoms with E-state index < -0.39 is 0 Å². The molecule has 198 valence electrons. The Morgan fingerprint density at radius 3 is 2.47 bits per heavy atom. The van der Waals surface area contributed by atoms with Crippen LogP contribution in [0.2, 0.25) is 5.02 Å². The van der Waals surface area contributed by atoms with E-state index in [1.165, 1.54) is 4.52 Å². The van der Waals surface area contributed by atoms with Crippen molar-refractivity contribution < 1.29 is 4.79 Å². The molecule has 0 unspecified atom stereocenters. The van der Waals surface area contributed by atoms with Crippen molar-refractivity contribution in [3.05, 3.63) is 104 Å². The summed E-state index contributed by atoms with van der Waals surface area (Å²) in [7, 11) is 0. The molecule has 2 N–H and O–H groups in total. The summed E-state index contributed by atoms with van der Waals surface area (Å²) in [6, 6.07) is 19.2. The summed E-state index contributed by atoms with van der Waals surface area (Å²) in [5.74, 6) is 0.179. The summed E-state index contributed by atoms with van der Waals surface area (Å²) in [5.41, 5.74) is 10.3. The minimum Gasteiger partial charge on any atom is -0.330 e. The molecular weight excluding hydrogens is 498 g/mol. The van der Waals surface area contributed by atoms with Crippen molar-refractivity contribution in [2.45, 2.75) is 52.1 Å². The average molecular weight is 532 g/mol. The van der Waals surface area contributed by atoms with Gasteiger partial charge in [-0.2, -0.15) is 9.61 Å². The number of carbonyl (C=O) groups is 1. The van der Waals surface area contributed by atoms with E-state index >= 15 is 0 Å². The lowest BCUT2D eigenvalue weighted by Crippen LogP contribution is -2.44. The topological polar surface area (TPSA) is 85.6 Å². The number of fused-ring (bicyclic) bond motifs is 1. The van der Waals surface area contributed by atoms with E-state index in [1.807, 2.05) is 72.5 Å². The largest absolute Gasteiger partial charge is 0.349 e. The predicted octanol–water partition coefficient (Wildman–Crippen LogP) is 5.15. The van der Waals surface area contributed by atoms with Crippen molar-refractivity contribution >= 4 is 23.0 Å². The normalized spacial score (nSPS) is 14.4. The Morgan fingerprint density at radius 1 is 1.13 bits per heavy atom. The molecule has 0 spiro atoms. The third-order valence-electron chi connectivity index (χ3n) is 7.61. The van der Waals surface area contributed by atoms with Gasteiger partial charge in [-0.15, -0.1) is 0 Å². The molecular formula is C30H34ClN5O2. The first-order chi connectivity index (χ1) is 18.4. The highest BCUT2D eigenvalue weighted by molar-refractivity contribution is 6.34. The van der Waals surface area contributed by atoms with E-state index in [-0.39, 0.29) is 23.6 Å². The van der Waals surface area contributed by atoms with Crippen molar-refractivity contribution in [3.8, 4) is 0 Å². The van der Waals surface area contributed by atoms with E-state index in [4.69, 9.17) is 17.3 Å². The molecule has 5 rings (SSSR count). The van der Waals surface area contributed by atoms with Gasteiger partial charge in [-0.05, 0) is 69.3 Å². The minimum absolute atomic E-state index is 0.0512. The summed E-state index contributed by atoms with van der Waals surface area (Å²) in [5, 5.41) is 4.89. The van der Waals surface area contributed by atoms with Crippen molar-refractivity contribution in [2.24, 2.45) is 11.7 Å². The molecule has 0 bridgehead atoms. The van der Waals surface area contributed by atoms with Gasteiger partial charge in [0.2, 0.25) is 0 Å². The second-order valence-electron chi connectivity index (χ2n) is 10.3. The van der Waals surface area contributed by atoms with Crippen LogP contribution in [0.25, 0.3) is 5.52 Å². The molecule has 1 aliphatic rings. The molecule has 8 heteroatoms. The molecule has 38 heavy (non-hydrogen) atoms. The van der Waals surface area contributed by atoms with Crippen LogP contribution in [-0.2, 0) is 6.54 Å². The van der Waals surface area contributed by atoms with Crippen LogP contribution >= 0.6 is 11.6 Å². The summed E-state index contributed by atoms with van der Waals surface area (Å²) in [6.45, 7) is 5.15. The zero-order chi connectivity index (χ0) is 26.8. The number of carbonyl (C=O) groups excluding carboxylic acids is 1. The van der Waals surface area contributed by atoms with E-state index in [0.29, 0.717) is 47.9 Å². The van der Waals surface area contributed by atoms with Gasteiger partial charge in [0, 0.05) is 17.8 Å². The molecule has 1 aliphatic carbocycles. The first kappa shape index (κ1) is 26.2. The monoisotopic (exact) mass is 531 g/mol. The number of aromatic nitrogens is 3. The Morgan fingerprint density at radius 2 is 1.84 bits per heavy atom. The number of rotatable bonds is 9. The first-order valence-electron chi connectivity index (χ1n) is 13.3. The van der Waals surface area contributed by atoms with E-state index in [1.54, 1.807) is 11.5 Å². The van der Waals surface area contributed by atoms with Gasteiger partial charge in [-0.25, -0.2) is 4.79 Å². The van der Waals surface area contributed by atoms with Gasteiger partial charge in [0.1, 0.15) is 0 Å². The lowest BCUT2D eigenvalue weighted by atomic mass is 9.77. The zero-order valence-corrected chi connectivity index (χ0v) is 22.7. The zero-order valence-electron chi connectivity index (χ0n) is 21.9. The number of halogens is 1. The Balaban J connectivity index is 1.71. The molecule has 2 heterocycles. The van der Waals surface area contributed by atoms with Gasteiger partial charge in [-0.1, -0.05) is 66.0 Å². The summed E-state index contributed by atoms with van der Waals surface area (Å²) in [4.78, 5) is 29.9. The molecule has 0 radical (unpaired) electrons. The molecule has 1 atom stereocenters. The van der Waals surface area contributed by atoms with E-state index in [0.717, 1.165) is 36.1 Å². The van der Waals surface area contributed by atoms with Crippen molar-refractivity contribution in [3.63, 3.8) is 0 Å². The Hall–Kier alpha value is -3.42. The fourth-order valence-electron chi connectivity index (χ4n) is 5.31. The standard InChI is InChI=1S/C30H34ClN5O2/c1-20-12-14-24(15-13-20)29(37)34(17-7-16-32)28(23-10-6-11-23)26-18-25-27(31)21(2)33-36(25)30(38)35(26)19-22-8-4-3-5-9-22/h3-5,8-9,12-15,18,23,28H,6-7,10-11,16-17,19,32H2,1-2H3/t28-/m1/s1. The Kier molecular flexibility index (Phi) is 7.68. The highest BCUT2D eigenvalue weighted by atomic mass is 35.5. The third-order valence-corrected chi connectivity index (χ3v) is 8.08. The Labute approximate surface area is 227 Å². The van der Waals surface area contributed by atoms with Crippen LogP contribution in [0.1, 0.15) is 64.6 Å². The summed E-state index contributed by atoms with van der Waals surface area (Å²) >= 11 is 6.64. The van der Waals surface area contributed by atoms with Crippen LogP contribution in [0.5, 0.6) is 0 Å². The molecule has 1 fully saturated rings. The lowest BCUT2D eigenvalue weighted by molar-refractivity contribution is 0.0493. The van der Waals surface area contributed by atoms with Crippen LogP contribution in [0.4, 0.5) is 0 Å². The maximum atomic E-state index is 14.1. The van der Waals surface area contributed by atoms with Gasteiger partial charge in [0.15, 0.2) is 0 Å². The van der Waals surface area contributed by atoms with E-state index in [9.17, 15) is 9.59 Å². The van der Waals surface area contributed by atoms with Crippen LogP contribution in [-0.4, -0.2) is 38.1 Å². The van der Waals surface area contributed by atoms with E-state index in [2.05, 4.69) is 5.10 Å². The Bertz CT molecular complexity index is 1490. The number of nitrogens with two attached hydrogens (primary N) is 1. The maximum absolute atomic E-state index is 14.1. The number of hydrogen-bond acceptors (Lipinski definition) is 4. The molecule has 4 aromatic rings. The SMILES string of the molecule is Cc1ccc(C(=O)N(CCCN)[C@@H](c2cc3c(Cl)c(C)nn3c(=O)n2Cc2ccccc2)C2CCC2)cc1. The van der Waals surface area contributed by atoms with Gasteiger partial charge >= 0.3 is 5.69 Å². The van der Waals surface area contributed by atoms with Crippen LogP contribution < -0.4 is 11.4 Å². The lowest BCUT2D eigenvalue weighted by Gasteiger charge is -2.42. The fraction of sp³-hybridized carbons (Fsp3) is 0.367. The number of hydrogen-bond donors (Lipinski definition) is 1. The molecule has 0 aliphatic heterocycles. The smallest absolute Gasteiger partial charge is 0.330 e. The number of aryl methyl sites for hydroxylation is 2. The van der Waals surface area contributed by atoms with Crippen LogP contribution in [0, 0.1) is 19.8 Å². The van der Waals surface area contributed by atoms with Gasteiger partial charge < -0.3 is 10.6 Å². The quantitative estimate of drug-likeness (QED) is 0.324. The van der Waals surface area contributed by atoms with Gasteiger partial charge in [0.05, 0.1) is 28.8 Å². The summed E-state index contributed by atoms with van der Waals surface area (Å²) < 4.78 is 3.15. The van der Waals surface area contributed by atoms with Crippen molar-refractivity contribution in [1.29, 1.82) is 0 Å². The number of benzene rings is 2. The van der Waals surface area contributed by atoms with Gasteiger partial charge in [-0.3, -0.25) is 9.36 Å². The molecule has 0 saturated heterocycles. The first-order valence-corrected chi connectivity index (χ1v) is 13.7. The highest BCUT2D eigenvalue weighted by Gasteiger charge is 2.38. The molecule has 7 nitrogen and oxygen atoms in total. The molecule has 1 saturated carbocycles. The third kappa shape index (κ3) is 5.00. The maximum Gasteiger partial charge on any atom is 0.349 e. The van der Waals surface area contributed by atoms with Crippen LogP contribution in [0.15, 0.2) is 65.5 Å². The highest BCUT2D eigenvalue weighted by Crippen LogP contribution is 2.42. The fourth-order valence-corrected chi connectivity index (χ4v) is 5.48. The molecule has 2 aromatic heterocycles. The van der Waals surface area contributed by atoms with Gasteiger partial charge in [0.25, 0.3) is 5.91 Å². The number of amides is 1. The van der Waals surface area contributed by atoms with Crippen molar-refractivity contribution in [2.75, 3.05) is 13.1 Å². The molecule has 1 amide bonds.